The third-order valence-corrected chi connectivity index (χ3v) is 6.40. The molecule has 2 aromatic carbocycles. The van der Waals surface area contributed by atoms with E-state index in [-0.39, 0.29) is 18.3 Å². The first-order valence-corrected chi connectivity index (χ1v) is 12.0. The van der Waals surface area contributed by atoms with Crippen molar-refractivity contribution in [3.05, 3.63) is 63.1 Å². The zero-order valence-corrected chi connectivity index (χ0v) is 20.9. The van der Waals surface area contributed by atoms with E-state index in [4.69, 9.17) is 34.3 Å². The molecule has 0 aliphatic carbocycles. The molecule has 1 aliphatic heterocycles. The fourth-order valence-electron chi connectivity index (χ4n) is 4.32. The highest BCUT2D eigenvalue weighted by molar-refractivity contribution is 6.35. The van der Waals surface area contributed by atoms with Crippen LogP contribution >= 0.6 is 23.2 Å². The number of hydrogen-bond donors (Lipinski definition) is 6. The molecule has 1 aliphatic rings. The minimum absolute atomic E-state index is 0.0262. The van der Waals surface area contributed by atoms with Crippen LogP contribution in [-0.4, -0.2) is 54.1 Å². The van der Waals surface area contributed by atoms with Crippen LogP contribution in [-0.2, 0) is 11.3 Å². The lowest BCUT2D eigenvalue weighted by molar-refractivity contribution is -0.137. The van der Waals surface area contributed by atoms with Gasteiger partial charge in [0.1, 0.15) is 0 Å². The van der Waals surface area contributed by atoms with E-state index in [0.717, 1.165) is 29.8 Å². The molecule has 1 heterocycles. The number of likely N-dealkylation sites (N-methyl/N-ethyl adjacent to an activating group) is 1. The Bertz CT molecular complexity index is 1100. The van der Waals surface area contributed by atoms with Gasteiger partial charge in [0.15, 0.2) is 5.96 Å². The number of anilines is 1. The normalized spacial score (nSPS) is 16.1. The molecule has 0 saturated heterocycles. The minimum atomic E-state index is -1.01. The Morgan fingerprint density at radius 3 is 2.77 bits per heavy atom. The Hall–Kier alpha value is -3.01. The number of carboxylic acid groups (broad SMARTS) is 1. The number of amides is 2. The number of hydrogen-bond acceptors (Lipinski definition) is 4. The number of halogens is 2. The van der Waals surface area contributed by atoms with Crippen molar-refractivity contribution in [3.8, 4) is 0 Å². The lowest BCUT2D eigenvalue weighted by Gasteiger charge is -2.33. The first-order valence-electron chi connectivity index (χ1n) is 11.3. The summed E-state index contributed by atoms with van der Waals surface area (Å²) in [5.74, 6) is -1.13. The zero-order chi connectivity index (χ0) is 25.5. The monoisotopic (exact) mass is 520 g/mol. The van der Waals surface area contributed by atoms with Crippen LogP contribution in [0.1, 0.15) is 41.9 Å². The van der Waals surface area contributed by atoms with Crippen molar-refractivity contribution < 1.29 is 14.7 Å². The molecular weight excluding hydrogens is 491 g/mol. The number of rotatable bonds is 9. The molecule has 0 saturated carbocycles. The van der Waals surface area contributed by atoms with Crippen molar-refractivity contribution in [1.29, 1.82) is 5.41 Å². The number of benzene rings is 2. The molecule has 0 fully saturated rings. The summed E-state index contributed by atoms with van der Waals surface area (Å²) in [5, 5.41) is 25.8. The average Bonchev–Trinajstić information content (AvgIpc) is 2.76. The molecule has 0 radical (unpaired) electrons. The molecule has 0 bridgehead atoms. The van der Waals surface area contributed by atoms with Crippen molar-refractivity contribution in [1.82, 2.24) is 15.5 Å². The Kier molecular flexibility index (Phi) is 9.20. The standard InChI is InChI=1S/C24H30Cl2N6O3/c1-32-12-19(18-9-15(25)10-21(26)20(18)13-32)14-4-2-5-16(8-14)30-24(35)31-17(11-22(33)34)6-3-7-29-23(27)28/h2,4-5,8-10,17,19H,3,6-7,11-13H2,1H3,(H,33,34)(H4,27,28,29)(H2,30,31,35). The van der Waals surface area contributed by atoms with E-state index in [9.17, 15) is 14.7 Å². The van der Waals surface area contributed by atoms with E-state index in [0.29, 0.717) is 35.1 Å². The summed E-state index contributed by atoms with van der Waals surface area (Å²) in [7, 11) is 2.03. The van der Waals surface area contributed by atoms with E-state index in [1.807, 2.05) is 31.3 Å². The lowest BCUT2D eigenvalue weighted by atomic mass is 9.84. The predicted molar refractivity (Wildman–Crippen MR) is 138 cm³/mol. The van der Waals surface area contributed by atoms with Crippen molar-refractivity contribution in [3.63, 3.8) is 0 Å². The van der Waals surface area contributed by atoms with Crippen molar-refractivity contribution in [2.45, 2.75) is 37.8 Å². The number of fused-ring (bicyclic) bond motifs is 1. The molecule has 2 unspecified atom stereocenters. The second kappa shape index (κ2) is 12.1. The van der Waals surface area contributed by atoms with Gasteiger partial charge in [0.2, 0.25) is 0 Å². The van der Waals surface area contributed by atoms with Crippen LogP contribution in [0.3, 0.4) is 0 Å². The number of carboxylic acids is 1. The fraction of sp³-hybridized carbons (Fsp3) is 0.375. The Labute approximate surface area is 214 Å². The second-order valence-electron chi connectivity index (χ2n) is 8.71. The molecule has 2 amide bonds. The molecule has 2 atom stereocenters. The third-order valence-electron chi connectivity index (χ3n) is 5.84. The highest BCUT2D eigenvalue weighted by Crippen LogP contribution is 2.38. The summed E-state index contributed by atoms with van der Waals surface area (Å²) in [6, 6.07) is 10.2. The van der Waals surface area contributed by atoms with Crippen molar-refractivity contribution >= 4 is 46.8 Å². The summed E-state index contributed by atoms with van der Waals surface area (Å²) in [6.45, 7) is 1.92. The van der Waals surface area contributed by atoms with Crippen LogP contribution < -0.4 is 21.7 Å². The maximum atomic E-state index is 12.6. The van der Waals surface area contributed by atoms with E-state index >= 15 is 0 Å². The highest BCUT2D eigenvalue weighted by Gasteiger charge is 2.27. The molecule has 0 spiro atoms. The van der Waals surface area contributed by atoms with Crippen LogP contribution in [0.25, 0.3) is 0 Å². The van der Waals surface area contributed by atoms with E-state index in [1.165, 1.54) is 0 Å². The SMILES string of the molecule is CN1Cc2c(Cl)cc(Cl)cc2C(c2cccc(NC(=O)NC(CCCNC(=N)N)CC(=O)O)c2)C1. The van der Waals surface area contributed by atoms with Gasteiger partial charge in [-0.2, -0.15) is 0 Å². The number of guanidine groups is 1. The van der Waals surface area contributed by atoms with E-state index in [2.05, 4.69) is 20.9 Å². The number of nitrogens with one attached hydrogen (secondary N) is 4. The van der Waals surface area contributed by atoms with Gasteiger partial charge in [0, 0.05) is 47.3 Å². The number of carbonyl (C=O) groups is 2. The minimum Gasteiger partial charge on any atom is -0.481 e. The quantitative estimate of drug-likeness (QED) is 0.168. The molecule has 3 rings (SSSR count). The smallest absolute Gasteiger partial charge is 0.319 e. The molecule has 0 aromatic heterocycles. The van der Waals surface area contributed by atoms with Gasteiger partial charge in [0.05, 0.1) is 6.42 Å². The van der Waals surface area contributed by atoms with Gasteiger partial charge in [-0.25, -0.2) is 4.79 Å². The summed E-state index contributed by atoms with van der Waals surface area (Å²) in [4.78, 5) is 26.1. The summed E-state index contributed by atoms with van der Waals surface area (Å²) < 4.78 is 0. The van der Waals surface area contributed by atoms with Crippen molar-refractivity contribution in [2.75, 3.05) is 25.5 Å². The second-order valence-corrected chi connectivity index (χ2v) is 9.55. The van der Waals surface area contributed by atoms with Crippen LogP contribution in [0.4, 0.5) is 10.5 Å². The predicted octanol–water partition coefficient (Wildman–Crippen LogP) is 3.80. The Morgan fingerprint density at radius 1 is 1.29 bits per heavy atom. The molecule has 2 aromatic rings. The molecule has 9 nitrogen and oxygen atoms in total. The number of nitrogens with two attached hydrogens (primary N) is 1. The maximum absolute atomic E-state index is 12.6. The van der Waals surface area contributed by atoms with Gasteiger partial charge in [-0.1, -0.05) is 35.3 Å². The first-order chi connectivity index (χ1) is 16.6. The molecule has 7 N–H and O–H groups in total. The molecule has 11 heteroatoms. The zero-order valence-electron chi connectivity index (χ0n) is 19.4. The summed E-state index contributed by atoms with van der Waals surface area (Å²) in [6.07, 6.45) is 0.764. The van der Waals surface area contributed by atoms with Crippen LogP contribution in [0.15, 0.2) is 36.4 Å². The Morgan fingerprint density at radius 2 is 2.06 bits per heavy atom. The van der Waals surface area contributed by atoms with Gasteiger partial charge >= 0.3 is 12.0 Å². The first kappa shape index (κ1) is 26.6. The fourth-order valence-corrected chi connectivity index (χ4v) is 4.89. The average molecular weight is 521 g/mol. The van der Waals surface area contributed by atoms with Crippen molar-refractivity contribution in [2.24, 2.45) is 5.73 Å². The highest BCUT2D eigenvalue weighted by atomic mass is 35.5. The molecule has 35 heavy (non-hydrogen) atoms. The molecule has 188 valence electrons. The number of aliphatic carboxylic acids is 1. The van der Waals surface area contributed by atoms with Gasteiger partial charge in [-0.05, 0) is 60.8 Å². The lowest BCUT2D eigenvalue weighted by Crippen LogP contribution is -2.40. The van der Waals surface area contributed by atoms with Gasteiger partial charge in [-0.15, -0.1) is 0 Å². The van der Waals surface area contributed by atoms with E-state index < -0.39 is 18.0 Å². The van der Waals surface area contributed by atoms with Gasteiger partial charge < -0.3 is 31.7 Å². The number of urea groups is 1. The van der Waals surface area contributed by atoms with Gasteiger partial charge in [0.25, 0.3) is 0 Å². The van der Waals surface area contributed by atoms with Crippen LogP contribution in [0, 0.1) is 5.41 Å². The van der Waals surface area contributed by atoms with Crippen LogP contribution in [0.2, 0.25) is 10.0 Å². The largest absolute Gasteiger partial charge is 0.481 e. The maximum Gasteiger partial charge on any atom is 0.319 e. The third kappa shape index (κ3) is 7.74. The summed E-state index contributed by atoms with van der Waals surface area (Å²) in [5.41, 5.74) is 8.97. The van der Waals surface area contributed by atoms with Crippen LogP contribution in [0.5, 0.6) is 0 Å². The summed E-state index contributed by atoms with van der Waals surface area (Å²) >= 11 is 12.8. The van der Waals surface area contributed by atoms with Gasteiger partial charge in [-0.3, -0.25) is 10.2 Å². The van der Waals surface area contributed by atoms with E-state index in [1.54, 1.807) is 12.1 Å². The number of carbonyl (C=O) groups excluding carboxylic acids is 1. The molecular formula is C24H30Cl2N6O3. The Balaban J connectivity index is 1.70. The number of nitrogens with zero attached hydrogens (tertiary/aromatic N) is 1. The topological polar surface area (TPSA) is 144 Å².